The van der Waals surface area contributed by atoms with Crippen LogP contribution in [0.25, 0.3) is 65.4 Å². The molecule has 0 radical (unpaired) electrons. The number of rotatable bonds is 6. The second kappa shape index (κ2) is 13.7. The zero-order chi connectivity index (χ0) is 40.7. The maximum atomic E-state index is 6.93. The molecule has 0 spiro atoms. The Balaban J connectivity index is 1.07. The van der Waals surface area contributed by atoms with Crippen LogP contribution in [-0.2, 0) is 0 Å². The SMILES string of the molecule is c1ccc(N(c2ccc3c(c2)OCCO3)c2cc3oc4ccc5oc6cc(N(c7ccccc7)c7ccc8c(c7)OCCO8)c7ccccc7c6c5c4c3c3ccccc23)cc1. The number of anilines is 6. The van der Waals surface area contributed by atoms with Gasteiger partial charge < -0.3 is 37.6 Å². The Morgan fingerprint density at radius 1 is 0.290 bits per heavy atom. The Kier molecular flexibility index (Phi) is 7.69. The highest BCUT2D eigenvalue weighted by Gasteiger charge is 2.27. The summed E-state index contributed by atoms with van der Waals surface area (Å²) in [6, 6.07) is 58.8. The van der Waals surface area contributed by atoms with E-state index in [1.807, 2.05) is 36.4 Å². The summed E-state index contributed by atoms with van der Waals surface area (Å²) in [5.74, 6) is 2.95. The molecular formula is C54H36N2O6. The summed E-state index contributed by atoms with van der Waals surface area (Å²) in [6.45, 7) is 2.08. The predicted molar refractivity (Wildman–Crippen MR) is 247 cm³/mol. The molecule has 0 unspecified atom stereocenters. The lowest BCUT2D eigenvalue weighted by Crippen LogP contribution is -2.16. The van der Waals surface area contributed by atoms with E-state index in [4.69, 9.17) is 27.8 Å². The molecule has 11 aromatic rings. The van der Waals surface area contributed by atoms with Gasteiger partial charge in [-0.15, -0.1) is 0 Å². The van der Waals surface area contributed by atoms with Gasteiger partial charge in [0.1, 0.15) is 48.8 Å². The van der Waals surface area contributed by atoms with Crippen molar-refractivity contribution in [2.75, 3.05) is 36.2 Å². The summed E-state index contributed by atoms with van der Waals surface area (Å²) < 4.78 is 37.8. The Morgan fingerprint density at radius 3 is 1.11 bits per heavy atom. The lowest BCUT2D eigenvalue weighted by atomic mass is 9.96. The van der Waals surface area contributed by atoms with Crippen LogP contribution in [-0.4, -0.2) is 26.4 Å². The maximum absolute atomic E-state index is 6.93. The zero-order valence-corrected chi connectivity index (χ0v) is 33.3. The number of hydrogen-bond donors (Lipinski definition) is 0. The molecule has 0 saturated heterocycles. The van der Waals surface area contributed by atoms with Gasteiger partial charge in [-0.3, -0.25) is 0 Å². The molecule has 2 aliphatic heterocycles. The van der Waals surface area contributed by atoms with E-state index in [1.54, 1.807) is 0 Å². The van der Waals surface area contributed by atoms with Gasteiger partial charge in [0.25, 0.3) is 0 Å². The van der Waals surface area contributed by atoms with Crippen molar-refractivity contribution in [2.24, 2.45) is 0 Å². The molecule has 62 heavy (non-hydrogen) atoms. The van der Waals surface area contributed by atoms with Gasteiger partial charge in [0, 0.05) is 68.0 Å². The highest BCUT2D eigenvalue weighted by atomic mass is 16.6. The quantitative estimate of drug-likeness (QED) is 0.164. The van der Waals surface area contributed by atoms with Gasteiger partial charge in [0.05, 0.1) is 22.7 Å². The topological polar surface area (TPSA) is 69.7 Å². The summed E-state index contributed by atoms with van der Waals surface area (Å²) in [6.07, 6.45) is 0. The number of nitrogens with zero attached hydrogens (tertiary/aromatic N) is 2. The summed E-state index contributed by atoms with van der Waals surface area (Å²) in [4.78, 5) is 4.54. The molecule has 298 valence electrons. The molecule has 8 heteroatoms. The van der Waals surface area contributed by atoms with Crippen LogP contribution in [0, 0.1) is 0 Å². The third-order valence-electron chi connectivity index (χ3n) is 12.1. The minimum atomic E-state index is 0.509. The fraction of sp³-hybridized carbons (Fsp3) is 0.0741. The van der Waals surface area contributed by atoms with Crippen molar-refractivity contribution in [1.29, 1.82) is 0 Å². The average Bonchev–Trinajstić information content (AvgIpc) is 3.91. The van der Waals surface area contributed by atoms with Crippen molar-refractivity contribution in [1.82, 2.24) is 0 Å². The first-order valence-electron chi connectivity index (χ1n) is 20.9. The summed E-state index contributed by atoms with van der Waals surface area (Å²) in [5.41, 5.74) is 9.04. The standard InChI is InChI=1S/C54H36N2O6/c1-3-11-33(12-4-1)55(35-19-21-43-47(29-35)59-27-25-57-43)41-31-49-51(39-17-9-7-15-37(39)41)53-45(61-49)23-24-46-54(53)52-40-18-10-8-16-38(40)42(32-50(52)62-46)56(34-13-5-2-6-14-34)36-20-22-44-48(30-36)60-28-26-58-44/h1-24,29-32H,25-28H2. The van der Waals surface area contributed by atoms with Gasteiger partial charge in [0.2, 0.25) is 0 Å². The molecule has 0 fully saturated rings. The van der Waals surface area contributed by atoms with E-state index in [-0.39, 0.29) is 0 Å². The van der Waals surface area contributed by atoms with Gasteiger partial charge in [-0.25, -0.2) is 0 Å². The Morgan fingerprint density at radius 2 is 0.677 bits per heavy atom. The molecule has 2 aromatic heterocycles. The smallest absolute Gasteiger partial charge is 0.163 e. The van der Waals surface area contributed by atoms with Gasteiger partial charge in [0.15, 0.2) is 23.0 Å². The second-order valence-corrected chi connectivity index (χ2v) is 15.6. The molecule has 2 aliphatic rings. The fourth-order valence-electron chi connectivity index (χ4n) is 9.53. The number of para-hydroxylation sites is 2. The molecule has 0 aliphatic carbocycles. The second-order valence-electron chi connectivity index (χ2n) is 15.6. The Labute approximate surface area is 355 Å². The van der Waals surface area contributed by atoms with Crippen molar-refractivity contribution in [3.8, 4) is 23.0 Å². The molecule has 9 aromatic carbocycles. The lowest BCUT2D eigenvalue weighted by Gasteiger charge is -2.28. The van der Waals surface area contributed by atoms with Gasteiger partial charge in [-0.05, 0) is 71.4 Å². The Bertz CT molecular complexity index is 3320. The zero-order valence-electron chi connectivity index (χ0n) is 33.3. The maximum Gasteiger partial charge on any atom is 0.163 e. The third kappa shape index (κ3) is 5.33. The van der Waals surface area contributed by atoms with Crippen molar-refractivity contribution >= 4 is 99.5 Å². The van der Waals surface area contributed by atoms with Crippen LogP contribution < -0.4 is 28.7 Å². The van der Waals surface area contributed by atoms with E-state index in [0.29, 0.717) is 26.4 Å². The molecule has 0 atom stereocenters. The van der Waals surface area contributed by atoms with Crippen molar-refractivity contribution in [3.05, 3.63) is 170 Å². The third-order valence-corrected chi connectivity index (χ3v) is 12.1. The molecule has 0 amide bonds. The number of fused-ring (bicyclic) bond motifs is 13. The van der Waals surface area contributed by atoms with E-state index in [2.05, 4.69) is 143 Å². The van der Waals surface area contributed by atoms with Crippen LogP contribution in [0.1, 0.15) is 0 Å². The summed E-state index contributed by atoms with van der Waals surface area (Å²) in [7, 11) is 0. The number of benzene rings is 9. The monoisotopic (exact) mass is 808 g/mol. The molecule has 0 saturated carbocycles. The molecule has 0 N–H and O–H groups in total. The minimum Gasteiger partial charge on any atom is -0.486 e. The van der Waals surface area contributed by atoms with Crippen molar-refractivity contribution in [3.63, 3.8) is 0 Å². The number of ether oxygens (including phenoxy) is 4. The van der Waals surface area contributed by atoms with Crippen molar-refractivity contribution < 1.29 is 27.8 Å². The van der Waals surface area contributed by atoms with Crippen LogP contribution in [0.4, 0.5) is 34.1 Å². The number of hydrogen-bond acceptors (Lipinski definition) is 8. The normalized spacial score (nSPS) is 13.4. The summed E-state index contributed by atoms with van der Waals surface area (Å²) >= 11 is 0. The van der Waals surface area contributed by atoms with E-state index < -0.39 is 0 Å². The molecular weight excluding hydrogens is 773 g/mol. The van der Waals surface area contributed by atoms with E-state index in [9.17, 15) is 0 Å². The fourth-order valence-corrected chi connectivity index (χ4v) is 9.53. The average molecular weight is 809 g/mol. The highest BCUT2D eigenvalue weighted by Crippen LogP contribution is 2.51. The highest BCUT2D eigenvalue weighted by molar-refractivity contribution is 6.35. The van der Waals surface area contributed by atoms with Crippen LogP contribution in [0.5, 0.6) is 23.0 Å². The first-order chi connectivity index (χ1) is 30.7. The van der Waals surface area contributed by atoms with Crippen molar-refractivity contribution in [2.45, 2.75) is 0 Å². The van der Waals surface area contributed by atoms with E-state index >= 15 is 0 Å². The van der Waals surface area contributed by atoms with Crippen LogP contribution >= 0.6 is 0 Å². The van der Waals surface area contributed by atoms with Gasteiger partial charge >= 0.3 is 0 Å². The number of furan rings is 2. The summed E-state index contributed by atoms with van der Waals surface area (Å²) in [5, 5.41) is 8.44. The van der Waals surface area contributed by atoms with Crippen LogP contribution in [0.15, 0.2) is 179 Å². The predicted octanol–water partition coefficient (Wildman–Crippen LogP) is 14.3. The van der Waals surface area contributed by atoms with Gasteiger partial charge in [-0.1, -0.05) is 84.9 Å². The minimum absolute atomic E-state index is 0.509. The van der Waals surface area contributed by atoms with Crippen LogP contribution in [0.3, 0.4) is 0 Å². The van der Waals surface area contributed by atoms with Gasteiger partial charge in [-0.2, -0.15) is 0 Å². The van der Waals surface area contributed by atoms with E-state index in [0.717, 1.165) is 123 Å². The Hall–Kier alpha value is -8.10. The molecule has 4 heterocycles. The first kappa shape index (κ1) is 34.7. The largest absolute Gasteiger partial charge is 0.486 e. The molecule has 8 nitrogen and oxygen atoms in total. The van der Waals surface area contributed by atoms with E-state index in [1.165, 1.54) is 0 Å². The lowest BCUT2D eigenvalue weighted by molar-refractivity contribution is 0.171. The van der Waals surface area contributed by atoms with Crippen LogP contribution in [0.2, 0.25) is 0 Å². The first-order valence-corrected chi connectivity index (χ1v) is 20.9. The molecule has 13 rings (SSSR count). The molecule has 0 bridgehead atoms.